The van der Waals surface area contributed by atoms with E-state index >= 15 is 0 Å². The number of ether oxygens (including phenoxy) is 4. The van der Waals surface area contributed by atoms with Crippen LogP contribution < -0.4 is 24.3 Å². The zero-order valence-corrected chi connectivity index (χ0v) is 24.2. The molecule has 0 atom stereocenters. The summed E-state index contributed by atoms with van der Waals surface area (Å²) in [5.74, 6) is 3.87. The number of likely N-dealkylation sites (tertiary alicyclic amines) is 1. The van der Waals surface area contributed by atoms with Crippen molar-refractivity contribution in [3.05, 3.63) is 59.5 Å². The number of rotatable bonds is 12. The highest BCUT2D eigenvalue weighted by molar-refractivity contribution is 6.31. The molecule has 0 bridgehead atoms. The molecular formula is C30H39ClN4O4. The van der Waals surface area contributed by atoms with Gasteiger partial charge in [0.15, 0.2) is 22.5 Å². The molecule has 1 saturated heterocycles. The summed E-state index contributed by atoms with van der Waals surface area (Å²) >= 11 is 6.44. The van der Waals surface area contributed by atoms with Crippen LogP contribution in [0.2, 0.25) is 5.15 Å². The van der Waals surface area contributed by atoms with Gasteiger partial charge in [-0.1, -0.05) is 23.7 Å². The number of halogens is 1. The average molecular weight is 555 g/mol. The highest BCUT2D eigenvalue weighted by Gasteiger charge is 2.23. The van der Waals surface area contributed by atoms with Crippen LogP contribution in [0.25, 0.3) is 0 Å². The van der Waals surface area contributed by atoms with E-state index in [9.17, 15) is 0 Å². The average Bonchev–Trinajstić information content (AvgIpc) is 2.87. The number of para-hydroxylation sites is 2. The zero-order valence-electron chi connectivity index (χ0n) is 23.4. The van der Waals surface area contributed by atoms with Crippen molar-refractivity contribution >= 4 is 17.4 Å². The summed E-state index contributed by atoms with van der Waals surface area (Å²) in [5, 5.41) is 3.79. The number of nitrogens with zero attached hydrogens (tertiary/aromatic N) is 3. The van der Waals surface area contributed by atoms with E-state index in [2.05, 4.69) is 32.3 Å². The van der Waals surface area contributed by atoms with Gasteiger partial charge in [-0.25, -0.2) is 9.97 Å². The molecule has 0 unspecified atom stereocenters. The molecule has 2 aromatic carbocycles. The first-order chi connectivity index (χ1) is 18.8. The van der Waals surface area contributed by atoms with Gasteiger partial charge < -0.3 is 24.3 Å². The van der Waals surface area contributed by atoms with Gasteiger partial charge in [0, 0.05) is 31.7 Å². The second-order valence-corrected chi connectivity index (χ2v) is 10.5. The molecule has 1 N–H and O–H groups in total. The van der Waals surface area contributed by atoms with Gasteiger partial charge in [0.1, 0.15) is 17.8 Å². The normalized spacial score (nSPS) is 14.5. The number of aromatic nitrogens is 2. The Hall–Kier alpha value is -3.23. The number of hydrogen-bond donors (Lipinski definition) is 1. The Morgan fingerprint density at radius 2 is 1.59 bits per heavy atom. The van der Waals surface area contributed by atoms with Crippen LogP contribution in [-0.2, 0) is 6.54 Å². The lowest BCUT2D eigenvalue weighted by Crippen LogP contribution is -2.38. The summed E-state index contributed by atoms with van der Waals surface area (Å²) in [6, 6.07) is 13.9. The Morgan fingerprint density at radius 3 is 2.21 bits per heavy atom. The van der Waals surface area contributed by atoms with E-state index in [4.69, 9.17) is 30.5 Å². The van der Waals surface area contributed by atoms with Crippen LogP contribution in [0.3, 0.4) is 0 Å². The maximum atomic E-state index is 6.44. The summed E-state index contributed by atoms with van der Waals surface area (Å²) in [5.41, 5.74) is 1.18. The maximum Gasteiger partial charge on any atom is 0.207 e. The smallest absolute Gasteiger partial charge is 0.207 e. The van der Waals surface area contributed by atoms with Gasteiger partial charge in [-0.15, -0.1) is 0 Å². The van der Waals surface area contributed by atoms with Gasteiger partial charge in [0.05, 0.1) is 18.8 Å². The number of nitrogens with one attached hydrogen (secondary N) is 1. The number of anilines is 1. The summed E-state index contributed by atoms with van der Waals surface area (Å²) in [7, 11) is 0. The lowest BCUT2D eigenvalue weighted by atomic mass is 10.0. The van der Waals surface area contributed by atoms with Crippen molar-refractivity contribution < 1.29 is 18.9 Å². The largest absolute Gasteiger partial charge is 0.491 e. The third-order valence-corrected chi connectivity index (χ3v) is 6.41. The summed E-state index contributed by atoms with van der Waals surface area (Å²) in [4.78, 5) is 11.0. The molecular weight excluding hydrogens is 516 g/mol. The van der Waals surface area contributed by atoms with E-state index in [1.54, 1.807) is 0 Å². The van der Waals surface area contributed by atoms with Gasteiger partial charge in [0.25, 0.3) is 0 Å². The second kappa shape index (κ2) is 13.7. The summed E-state index contributed by atoms with van der Waals surface area (Å²) < 4.78 is 23.8. The first-order valence-electron chi connectivity index (χ1n) is 13.7. The Morgan fingerprint density at radius 1 is 0.949 bits per heavy atom. The van der Waals surface area contributed by atoms with E-state index in [-0.39, 0.29) is 23.4 Å². The predicted molar refractivity (Wildman–Crippen MR) is 155 cm³/mol. The Balaban J connectivity index is 1.40. The molecule has 1 aliphatic rings. The SMILES string of the molecule is CCOc1ccccc1Oc1c(Cl)ncnc1NC1CCN(Cc2cc(OC(C)C)cc(OC(C)C)c2)CC1. The highest BCUT2D eigenvalue weighted by atomic mass is 35.5. The fraction of sp³-hybridized carbons (Fsp3) is 0.467. The minimum Gasteiger partial charge on any atom is -0.491 e. The van der Waals surface area contributed by atoms with E-state index in [0.717, 1.165) is 44.0 Å². The third kappa shape index (κ3) is 8.38. The highest BCUT2D eigenvalue weighted by Crippen LogP contribution is 2.38. The number of piperidine rings is 1. The fourth-order valence-electron chi connectivity index (χ4n) is 4.55. The van der Waals surface area contributed by atoms with E-state index < -0.39 is 0 Å². The molecule has 4 rings (SSSR count). The van der Waals surface area contributed by atoms with Gasteiger partial charge in [-0.2, -0.15) is 0 Å². The van der Waals surface area contributed by atoms with Crippen LogP contribution in [0, 0.1) is 0 Å². The third-order valence-electron chi connectivity index (χ3n) is 6.14. The van der Waals surface area contributed by atoms with Gasteiger partial charge in [-0.3, -0.25) is 4.90 Å². The van der Waals surface area contributed by atoms with Crippen molar-refractivity contribution in [2.24, 2.45) is 0 Å². The van der Waals surface area contributed by atoms with Crippen LogP contribution in [-0.4, -0.2) is 52.8 Å². The lowest BCUT2D eigenvalue weighted by Gasteiger charge is -2.33. The second-order valence-electron chi connectivity index (χ2n) is 10.2. The van der Waals surface area contributed by atoms with E-state index in [0.29, 0.717) is 29.7 Å². The Kier molecular flexibility index (Phi) is 10.1. The summed E-state index contributed by atoms with van der Waals surface area (Å²) in [6.45, 7) is 13.3. The first-order valence-corrected chi connectivity index (χ1v) is 14.0. The molecule has 210 valence electrons. The standard InChI is InChI=1S/C30H39ClN4O4/c1-6-36-26-9-7-8-10-27(26)39-28-29(31)32-19-33-30(28)34-23-11-13-35(14-12-23)18-22-15-24(37-20(2)3)17-25(16-22)38-21(4)5/h7-10,15-17,19-21,23H,6,11-14,18H2,1-5H3,(H,32,33,34). The van der Waals surface area contributed by atoms with Crippen LogP contribution in [0.15, 0.2) is 48.8 Å². The fourth-order valence-corrected chi connectivity index (χ4v) is 4.73. The van der Waals surface area contributed by atoms with Crippen molar-refractivity contribution in [3.63, 3.8) is 0 Å². The topological polar surface area (TPSA) is 78.0 Å². The van der Waals surface area contributed by atoms with Crippen LogP contribution in [0.1, 0.15) is 53.0 Å². The minimum absolute atomic E-state index is 0.103. The predicted octanol–water partition coefficient (Wildman–Crippen LogP) is 6.97. The molecule has 9 heteroatoms. The van der Waals surface area contributed by atoms with Crippen molar-refractivity contribution in [1.29, 1.82) is 0 Å². The van der Waals surface area contributed by atoms with Crippen molar-refractivity contribution in [3.8, 4) is 28.7 Å². The number of benzene rings is 2. The number of hydrogen-bond acceptors (Lipinski definition) is 8. The van der Waals surface area contributed by atoms with Crippen molar-refractivity contribution in [2.75, 3.05) is 25.0 Å². The first kappa shape index (κ1) is 28.8. The Bertz CT molecular complexity index is 1190. The Labute approximate surface area is 236 Å². The molecule has 2 heterocycles. The molecule has 0 saturated carbocycles. The van der Waals surface area contributed by atoms with Crippen LogP contribution in [0.4, 0.5) is 5.82 Å². The molecule has 1 aliphatic heterocycles. The van der Waals surface area contributed by atoms with Gasteiger partial charge >= 0.3 is 0 Å². The molecule has 0 spiro atoms. The maximum absolute atomic E-state index is 6.44. The molecule has 0 aliphatic carbocycles. The monoisotopic (exact) mass is 554 g/mol. The molecule has 1 aromatic heterocycles. The quantitative estimate of drug-likeness (QED) is 0.240. The zero-order chi connectivity index (χ0) is 27.8. The molecule has 0 amide bonds. The van der Waals surface area contributed by atoms with Crippen LogP contribution in [0.5, 0.6) is 28.7 Å². The van der Waals surface area contributed by atoms with E-state index in [1.165, 1.54) is 11.9 Å². The molecule has 3 aromatic rings. The lowest BCUT2D eigenvalue weighted by molar-refractivity contribution is 0.207. The van der Waals surface area contributed by atoms with Crippen molar-refractivity contribution in [1.82, 2.24) is 14.9 Å². The van der Waals surface area contributed by atoms with E-state index in [1.807, 2.05) is 65.0 Å². The molecule has 8 nitrogen and oxygen atoms in total. The summed E-state index contributed by atoms with van der Waals surface area (Å²) in [6.07, 6.45) is 3.56. The van der Waals surface area contributed by atoms with Gasteiger partial charge in [-0.05, 0) is 77.3 Å². The van der Waals surface area contributed by atoms with Crippen LogP contribution >= 0.6 is 11.6 Å². The molecule has 1 fully saturated rings. The minimum atomic E-state index is 0.103. The molecule has 0 radical (unpaired) electrons. The molecule has 39 heavy (non-hydrogen) atoms. The van der Waals surface area contributed by atoms with Crippen molar-refractivity contribution in [2.45, 2.75) is 72.3 Å². The van der Waals surface area contributed by atoms with Gasteiger partial charge in [0.2, 0.25) is 5.75 Å².